The minimum Gasteiger partial charge on any atom is -0.480 e. The Balaban J connectivity index is 2.17. The second kappa shape index (κ2) is 13.3. The topological polar surface area (TPSA) is 200 Å². The van der Waals surface area contributed by atoms with Gasteiger partial charge < -0.3 is 36.9 Å². The fourth-order valence-corrected chi connectivity index (χ4v) is 3.23. The minimum atomic E-state index is -1.27. The Bertz CT molecular complexity index is 958. The number of carboxylic acid groups (broad SMARTS) is 1. The number of carbonyl (C=O) groups excluding carboxylic acids is 3. The van der Waals surface area contributed by atoms with Crippen molar-refractivity contribution >= 4 is 36.3 Å². The first-order chi connectivity index (χ1) is 16.2. The van der Waals surface area contributed by atoms with Crippen molar-refractivity contribution in [1.82, 2.24) is 25.9 Å². The second-order valence-electron chi connectivity index (χ2n) is 7.46. The van der Waals surface area contributed by atoms with Gasteiger partial charge in [-0.25, -0.2) is 9.78 Å². The van der Waals surface area contributed by atoms with Crippen LogP contribution in [0.15, 0.2) is 42.9 Å². The van der Waals surface area contributed by atoms with Gasteiger partial charge in [0.05, 0.1) is 12.9 Å². The second-order valence-corrected chi connectivity index (χ2v) is 7.83. The lowest BCUT2D eigenvalue weighted by molar-refractivity contribution is -0.142. The van der Waals surface area contributed by atoms with Crippen LogP contribution in [0.2, 0.25) is 0 Å². The molecule has 0 aliphatic heterocycles. The van der Waals surface area contributed by atoms with Gasteiger partial charge >= 0.3 is 5.97 Å². The number of rotatable bonds is 13. The molecule has 12 nitrogen and oxygen atoms in total. The minimum absolute atomic E-state index is 0.0402. The Labute approximate surface area is 201 Å². The summed E-state index contributed by atoms with van der Waals surface area (Å²) in [5.41, 5.74) is 6.69. The van der Waals surface area contributed by atoms with Crippen LogP contribution in [0.1, 0.15) is 11.3 Å². The number of aliphatic hydroxyl groups is 1. The first kappa shape index (κ1) is 26.8. The lowest BCUT2D eigenvalue weighted by Gasteiger charge is -2.24. The molecule has 4 unspecified atom stereocenters. The number of aromatic amines is 1. The molecule has 0 saturated carbocycles. The molecule has 34 heavy (non-hydrogen) atoms. The number of benzene rings is 1. The number of aliphatic carboxylic acids is 1. The molecule has 0 radical (unpaired) electrons. The molecule has 8 N–H and O–H groups in total. The summed E-state index contributed by atoms with van der Waals surface area (Å²) < 4.78 is 0. The molecule has 2 rings (SSSR count). The zero-order valence-electron chi connectivity index (χ0n) is 18.2. The van der Waals surface area contributed by atoms with Crippen LogP contribution in [0.5, 0.6) is 0 Å². The first-order valence-corrected chi connectivity index (χ1v) is 11.0. The van der Waals surface area contributed by atoms with Gasteiger partial charge in [-0.1, -0.05) is 30.3 Å². The standard InChI is InChI=1S/C21H28N6O6S/c22-14(9-28)18(29)27-17(10-34)20(31)25-15(6-12-4-2-1-3-5-12)19(30)26-16(21(32)33)7-13-8-23-11-24-13/h1-5,8,11,14-17,28,34H,6-7,9-10,22H2,(H,23,24)(H,25,31)(H,26,30)(H,27,29)(H,32,33). The van der Waals surface area contributed by atoms with E-state index >= 15 is 0 Å². The van der Waals surface area contributed by atoms with Crippen molar-refractivity contribution in [3.8, 4) is 0 Å². The van der Waals surface area contributed by atoms with Crippen molar-refractivity contribution in [2.45, 2.75) is 37.0 Å². The van der Waals surface area contributed by atoms with Crippen molar-refractivity contribution in [3.63, 3.8) is 0 Å². The summed E-state index contributed by atoms with van der Waals surface area (Å²) in [6, 6.07) is 4.04. The highest BCUT2D eigenvalue weighted by Gasteiger charge is 2.30. The van der Waals surface area contributed by atoms with E-state index in [0.29, 0.717) is 5.69 Å². The third-order valence-corrected chi connectivity index (χ3v) is 5.22. The van der Waals surface area contributed by atoms with E-state index in [1.807, 2.05) is 0 Å². The quantitative estimate of drug-likeness (QED) is 0.146. The van der Waals surface area contributed by atoms with Crippen LogP contribution in [0, 0.1) is 0 Å². The van der Waals surface area contributed by atoms with Crippen molar-refractivity contribution in [2.24, 2.45) is 5.73 Å². The average molecular weight is 493 g/mol. The summed E-state index contributed by atoms with van der Waals surface area (Å²) in [4.78, 5) is 56.1. The van der Waals surface area contributed by atoms with Crippen molar-refractivity contribution in [2.75, 3.05) is 12.4 Å². The van der Waals surface area contributed by atoms with Gasteiger partial charge in [-0.05, 0) is 5.56 Å². The van der Waals surface area contributed by atoms with Gasteiger partial charge in [0.25, 0.3) is 0 Å². The van der Waals surface area contributed by atoms with Crippen LogP contribution in [0.4, 0.5) is 0 Å². The zero-order chi connectivity index (χ0) is 25.1. The highest BCUT2D eigenvalue weighted by atomic mass is 32.1. The fourth-order valence-electron chi connectivity index (χ4n) is 2.98. The van der Waals surface area contributed by atoms with E-state index in [1.54, 1.807) is 30.3 Å². The molecular weight excluding hydrogens is 464 g/mol. The normalized spacial score (nSPS) is 14.3. The number of carboxylic acids is 1. The monoisotopic (exact) mass is 492 g/mol. The molecule has 2 aromatic rings. The number of imidazole rings is 1. The van der Waals surface area contributed by atoms with Gasteiger partial charge in [-0.3, -0.25) is 14.4 Å². The van der Waals surface area contributed by atoms with Gasteiger partial charge in [0.2, 0.25) is 17.7 Å². The number of thiol groups is 1. The molecule has 0 aliphatic carbocycles. The molecule has 4 atom stereocenters. The van der Waals surface area contributed by atoms with E-state index in [-0.39, 0.29) is 18.6 Å². The average Bonchev–Trinajstić information content (AvgIpc) is 3.34. The Kier molecular flexibility index (Phi) is 10.5. The number of aliphatic hydroxyl groups excluding tert-OH is 1. The first-order valence-electron chi connectivity index (χ1n) is 10.4. The summed E-state index contributed by atoms with van der Waals surface area (Å²) in [7, 11) is 0. The van der Waals surface area contributed by atoms with E-state index in [2.05, 4.69) is 38.5 Å². The molecule has 0 aliphatic rings. The van der Waals surface area contributed by atoms with E-state index < -0.39 is 54.5 Å². The SMILES string of the molecule is NC(CO)C(=O)NC(CS)C(=O)NC(Cc1ccccc1)C(=O)NC(Cc1cnc[nH]1)C(=O)O. The molecule has 0 saturated heterocycles. The zero-order valence-corrected chi connectivity index (χ0v) is 19.1. The van der Waals surface area contributed by atoms with E-state index in [0.717, 1.165) is 5.56 Å². The number of nitrogens with two attached hydrogens (primary N) is 1. The van der Waals surface area contributed by atoms with Crippen LogP contribution in [0.3, 0.4) is 0 Å². The third-order valence-electron chi connectivity index (χ3n) is 4.86. The van der Waals surface area contributed by atoms with E-state index in [9.17, 15) is 24.3 Å². The number of amides is 3. The molecule has 184 valence electrons. The summed E-state index contributed by atoms with van der Waals surface area (Å²) >= 11 is 4.07. The number of carbonyl (C=O) groups is 4. The van der Waals surface area contributed by atoms with Gasteiger partial charge in [0, 0.05) is 30.5 Å². The summed E-state index contributed by atoms with van der Waals surface area (Å²) in [5.74, 6) is -3.56. The van der Waals surface area contributed by atoms with Crippen molar-refractivity contribution < 1.29 is 29.4 Å². The van der Waals surface area contributed by atoms with Crippen molar-refractivity contribution in [1.29, 1.82) is 0 Å². The van der Waals surface area contributed by atoms with Gasteiger partial charge in [-0.15, -0.1) is 0 Å². The molecule has 0 bridgehead atoms. The molecular formula is C21H28N6O6S. The molecule has 1 aromatic heterocycles. The Morgan fingerprint density at radius 2 is 1.59 bits per heavy atom. The highest BCUT2D eigenvalue weighted by molar-refractivity contribution is 7.80. The molecule has 3 amide bonds. The molecule has 1 aromatic carbocycles. The Morgan fingerprint density at radius 3 is 2.15 bits per heavy atom. The summed E-state index contributed by atoms with van der Waals surface area (Å²) in [6.07, 6.45) is 2.87. The molecule has 13 heteroatoms. The number of nitrogens with zero attached hydrogens (tertiary/aromatic N) is 1. The number of hydrogen-bond acceptors (Lipinski definition) is 8. The Morgan fingerprint density at radius 1 is 0.971 bits per heavy atom. The molecule has 1 heterocycles. The maximum atomic E-state index is 13.0. The number of hydrogen-bond donors (Lipinski definition) is 8. The van der Waals surface area contributed by atoms with Gasteiger partial charge in [0.1, 0.15) is 24.2 Å². The number of nitrogens with one attached hydrogen (secondary N) is 4. The highest BCUT2D eigenvalue weighted by Crippen LogP contribution is 2.06. The van der Waals surface area contributed by atoms with Crippen LogP contribution >= 0.6 is 12.6 Å². The summed E-state index contributed by atoms with van der Waals surface area (Å²) in [6.45, 7) is -0.612. The maximum Gasteiger partial charge on any atom is 0.326 e. The largest absolute Gasteiger partial charge is 0.480 e. The fraction of sp³-hybridized carbons (Fsp3) is 0.381. The maximum absolute atomic E-state index is 13.0. The van der Waals surface area contributed by atoms with Gasteiger partial charge in [0.15, 0.2) is 0 Å². The lowest BCUT2D eigenvalue weighted by atomic mass is 10.0. The van der Waals surface area contributed by atoms with Crippen molar-refractivity contribution in [3.05, 3.63) is 54.1 Å². The smallest absolute Gasteiger partial charge is 0.326 e. The summed E-state index contributed by atoms with van der Waals surface area (Å²) in [5, 5.41) is 25.9. The van der Waals surface area contributed by atoms with E-state index in [1.165, 1.54) is 12.5 Å². The van der Waals surface area contributed by atoms with Crippen LogP contribution in [0.25, 0.3) is 0 Å². The van der Waals surface area contributed by atoms with Gasteiger partial charge in [-0.2, -0.15) is 12.6 Å². The predicted molar refractivity (Wildman–Crippen MR) is 125 cm³/mol. The van der Waals surface area contributed by atoms with Crippen LogP contribution < -0.4 is 21.7 Å². The number of aromatic nitrogens is 2. The van der Waals surface area contributed by atoms with Crippen LogP contribution in [-0.4, -0.2) is 80.4 Å². The Hall–Kier alpha value is -3.42. The lowest BCUT2D eigenvalue weighted by Crippen LogP contribution is -2.58. The molecule has 0 spiro atoms. The third kappa shape index (κ3) is 8.17. The molecule has 0 fully saturated rings. The predicted octanol–water partition coefficient (Wildman–Crippen LogP) is -2.02. The van der Waals surface area contributed by atoms with Crippen LogP contribution in [-0.2, 0) is 32.0 Å². The number of H-pyrrole nitrogens is 1. The van der Waals surface area contributed by atoms with E-state index in [4.69, 9.17) is 10.8 Å².